The van der Waals surface area contributed by atoms with Crippen LogP contribution in [0.25, 0.3) is 10.8 Å². The molecule has 1 amide bonds. The maximum atomic E-state index is 15.5. The van der Waals surface area contributed by atoms with Gasteiger partial charge < -0.3 is 34.0 Å². The minimum Gasteiger partial charge on any atom is -0.487 e. The van der Waals surface area contributed by atoms with Crippen LogP contribution in [0.5, 0.6) is 11.5 Å². The Morgan fingerprint density at radius 1 is 0.861 bits per heavy atom. The third-order valence-electron chi connectivity index (χ3n) is 16.1. The number of amides is 1. The summed E-state index contributed by atoms with van der Waals surface area (Å²) in [7, 11) is 0. The molecule has 422 valence electrons. The molecule has 3 aliphatic rings. The first-order valence-electron chi connectivity index (χ1n) is 29.1. The number of nitro benzene ring substituents is 1. The summed E-state index contributed by atoms with van der Waals surface area (Å²) in [4.78, 5) is 39.4. The Hall–Kier alpha value is -6.61. The number of aliphatic hydroxyl groups is 2. The highest BCUT2D eigenvalue weighted by atomic mass is 16.7. The molecule has 2 aliphatic carbocycles. The van der Waals surface area contributed by atoms with E-state index in [2.05, 4.69) is 49.9 Å². The molecule has 14 heteroatoms. The van der Waals surface area contributed by atoms with Crippen molar-refractivity contribution >= 4 is 28.3 Å². The number of carbonyl (C=O) groups is 1. The van der Waals surface area contributed by atoms with Crippen molar-refractivity contribution in [2.45, 2.75) is 161 Å². The van der Waals surface area contributed by atoms with Crippen LogP contribution in [0.2, 0.25) is 0 Å². The predicted molar refractivity (Wildman–Crippen MR) is 309 cm³/mol. The van der Waals surface area contributed by atoms with E-state index in [4.69, 9.17) is 33.9 Å². The van der Waals surface area contributed by atoms with Crippen molar-refractivity contribution in [3.05, 3.63) is 166 Å². The highest BCUT2D eigenvalue weighted by Crippen LogP contribution is 2.62. The first-order valence-corrected chi connectivity index (χ1v) is 29.1. The number of non-ortho nitro benzene ring substituents is 1. The maximum Gasteiger partial charge on any atom is 0.410 e. The van der Waals surface area contributed by atoms with Crippen LogP contribution in [0, 0.1) is 34.8 Å². The van der Waals surface area contributed by atoms with Gasteiger partial charge in [-0.3, -0.25) is 20.0 Å². The number of hydrogen-bond donors (Lipinski definition) is 2. The van der Waals surface area contributed by atoms with Crippen molar-refractivity contribution in [3.63, 3.8) is 0 Å². The number of unbranched alkanes of at least 4 members (excludes halogenated alkanes) is 11. The number of allylic oxidation sites excluding steroid dienone is 1. The molecule has 0 unspecified atom stereocenters. The van der Waals surface area contributed by atoms with Crippen molar-refractivity contribution in [1.29, 1.82) is 0 Å². The Morgan fingerprint density at radius 3 is 2.32 bits per heavy atom. The number of fused-ring (bicyclic) bond motifs is 3. The van der Waals surface area contributed by atoms with Crippen LogP contribution < -0.4 is 9.47 Å². The molecule has 1 saturated carbocycles. The Balaban J connectivity index is 1.25. The van der Waals surface area contributed by atoms with Crippen molar-refractivity contribution in [2.75, 3.05) is 26.4 Å². The molecular weight excluding hydrogens is 997 g/mol. The van der Waals surface area contributed by atoms with Crippen molar-refractivity contribution < 1.29 is 43.7 Å². The number of aromatic nitrogens is 1. The van der Waals surface area contributed by atoms with Gasteiger partial charge in [0.25, 0.3) is 5.69 Å². The van der Waals surface area contributed by atoms with Crippen LogP contribution in [0.4, 0.5) is 10.5 Å². The Bertz CT molecular complexity index is 2830. The molecule has 0 radical (unpaired) electrons. The van der Waals surface area contributed by atoms with E-state index in [-0.39, 0.29) is 76.0 Å². The molecule has 0 saturated heterocycles. The lowest BCUT2D eigenvalue weighted by Gasteiger charge is -2.60. The van der Waals surface area contributed by atoms with Gasteiger partial charge in [-0.1, -0.05) is 143 Å². The summed E-state index contributed by atoms with van der Waals surface area (Å²) in [5.74, 6) is -1.17. The number of pyridine rings is 1. The number of ether oxygens (including phenoxy) is 4. The molecule has 1 fully saturated rings. The monoisotopic (exact) mass is 1080 g/mol. The third-order valence-corrected chi connectivity index (χ3v) is 16.1. The summed E-state index contributed by atoms with van der Waals surface area (Å²) in [5.41, 5.74) is 5.73. The average molecular weight is 1080 g/mol. The van der Waals surface area contributed by atoms with Gasteiger partial charge in [0.2, 0.25) is 5.79 Å². The van der Waals surface area contributed by atoms with Gasteiger partial charge in [0.1, 0.15) is 30.8 Å². The van der Waals surface area contributed by atoms with Gasteiger partial charge in [0, 0.05) is 48.9 Å². The minimum atomic E-state index is -1.53. The normalized spacial score (nSPS) is 20.6. The van der Waals surface area contributed by atoms with E-state index in [1.54, 1.807) is 23.1 Å². The second kappa shape index (κ2) is 29.6. The van der Waals surface area contributed by atoms with Gasteiger partial charge in [0.05, 0.1) is 42.0 Å². The Kier molecular flexibility index (Phi) is 21.9. The second-order valence-electron chi connectivity index (χ2n) is 21.6. The van der Waals surface area contributed by atoms with Crippen LogP contribution >= 0.6 is 0 Å². The fraction of sp³-hybridized carbons (Fsp3) is 0.492. The molecule has 2 N–H and O–H groups in total. The van der Waals surface area contributed by atoms with Crippen LogP contribution in [0.3, 0.4) is 0 Å². The van der Waals surface area contributed by atoms with Crippen LogP contribution in [-0.2, 0) is 34.1 Å². The second-order valence-corrected chi connectivity index (χ2v) is 21.6. The third kappa shape index (κ3) is 15.0. The largest absolute Gasteiger partial charge is 0.487 e. The van der Waals surface area contributed by atoms with Gasteiger partial charge in [-0.2, -0.15) is 0 Å². The van der Waals surface area contributed by atoms with E-state index in [0.717, 1.165) is 90.2 Å². The fourth-order valence-electron chi connectivity index (χ4n) is 12.2. The van der Waals surface area contributed by atoms with Gasteiger partial charge in [0.15, 0.2) is 0 Å². The predicted octanol–water partition coefficient (Wildman–Crippen LogP) is 14.4. The molecule has 0 spiro atoms. The summed E-state index contributed by atoms with van der Waals surface area (Å²) in [6.45, 7) is 9.26. The van der Waals surface area contributed by atoms with E-state index < -0.39 is 28.8 Å². The minimum absolute atomic E-state index is 0.000141. The molecule has 14 nitrogen and oxygen atoms in total. The number of hydrogen-bond acceptors (Lipinski definition) is 12. The number of carbonyl (C=O) groups excluding carboxylic acids is 1. The summed E-state index contributed by atoms with van der Waals surface area (Å²) in [5, 5.41) is 38.9. The van der Waals surface area contributed by atoms with Crippen molar-refractivity contribution in [1.82, 2.24) is 9.88 Å². The summed E-state index contributed by atoms with van der Waals surface area (Å²) >= 11 is 0. The number of rotatable bonds is 32. The smallest absolute Gasteiger partial charge is 0.410 e. The topological polar surface area (TPSA) is 175 Å². The highest BCUT2D eigenvalue weighted by Gasteiger charge is 2.66. The lowest BCUT2D eigenvalue weighted by atomic mass is 9.55. The zero-order chi connectivity index (χ0) is 55.4. The molecule has 1 aliphatic heterocycles. The summed E-state index contributed by atoms with van der Waals surface area (Å²) < 4.78 is 27.9. The fourth-order valence-corrected chi connectivity index (χ4v) is 12.2. The van der Waals surface area contributed by atoms with Crippen LogP contribution in [0.15, 0.2) is 133 Å². The first-order chi connectivity index (χ1) is 38.7. The van der Waals surface area contributed by atoms with E-state index in [0.29, 0.717) is 35.6 Å². The summed E-state index contributed by atoms with van der Waals surface area (Å²) in [6, 6.07) is 31.5. The molecule has 4 aromatic carbocycles. The number of aryl methyl sites for hydroxylation is 1. The standard InChI is InChI=1S/C65H82N4O10/c1-4-6-7-8-9-10-11-12-13-20-40-75-64(72)68(44-51-27-22-26-49-24-14-15-29-55(49)51)61-43-59(67-78-45-48-31-33-53(34-32-48)69(73)74)57-41-50(25-16-18-37-70)56(30-17-19-38-71)62-58-42-54(76-46-52-28-21-23-47(3)66-52)35-36-60(58)79-65(61,63(57)62)77-39-5-2/h5,14-15,21-24,26-29,31-36,41-42,50,56,61-63,70-71H,2,4,6-13,16-20,25,30,37-40,43-46H2,1,3H3/t50-,56+,61-,62+,63+,65+/m0/s1. The molecule has 1 aromatic heterocycles. The number of oxime groups is 1. The Morgan fingerprint density at radius 2 is 1.58 bits per heavy atom. The maximum absolute atomic E-state index is 15.5. The molecule has 79 heavy (non-hydrogen) atoms. The lowest BCUT2D eigenvalue weighted by molar-refractivity contribution is -0.384. The molecular formula is C65H82N4O10. The molecule has 0 bridgehead atoms. The first kappa shape index (κ1) is 58.5. The van der Waals surface area contributed by atoms with E-state index in [1.165, 1.54) is 50.7 Å². The van der Waals surface area contributed by atoms with E-state index >= 15 is 4.79 Å². The zero-order valence-corrected chi connectivity index (χ0v) is 46.5. The van der Waals surface area contributed by atoms with Gasteiger partial charge in [-0.15, -0.1) is 6.58 Å². The van der Waals surface area contributed by atoms with Crippen molar-refractivity contribution in [3.8, 4) is 11.5 Å². The SMILES string of the molecule is C=CCO[C@@]12Oc3ccc(OCc4cccc(C)n4)cc3[C@H]3[C@H](CCCCO)[C@@H](CCCCO)C=C(C(=NOCc4ccc([N+](=O)[O-])cc4)C[C@@H]1N(Cc1cccc4ccccc14)C(=O)OCCCCCCCCCCCC)[C@H]32. The van der Waals surface area contributed by atoms with Gasteiger partial charge in [-0.25, -0.2) is 4.79 Å². The Labute approximate surface area is 467 Å². The van der Waals surface area contributed by atoms with Crippen LogP contribution in [0.1, 0.15) is 150 Å². The van der Waals surface area contributed by atoms with Crippen LogP contribution in [-0.4, -0.2) is 75.1 Å². The number of aliphatic hydroxyl groups excluding tert-OH is 2. The highest BCUT2D eigenvalue weighted by molar-refractivity contribution is 6.03. The number of nitrogens with zero attached hydrogens (tertiary/aromatic N) is 4. The average Bonchev–Trinajstić information content (AvgIpc) is 3.65. The van der Waals surface area contributed by atoms with E-state index in [9.17, 15) is 20.3 Å². The molecule has 8 rings (SSSR count). The molecule has 2 heterocycles. The van der Waals surface area contributed by atoms with Gasteiger partial charge >= 0.3 is 6.09 Å². The molecule has 5 aromatic rings. The quantitative estimate of drug-likeness (QED) is 0.0181. The lowest BCUT2D eigenvalue weighted by Crippen LogP contribution is -2.70. The summed E-state index contributed by atoms with van der Waals surface area (Å²) in [6.07, 6.45) is 19.5. The number of benzene rings is 4. The van der Waals surface area contributed by atoms with Gasteiger partial charge in [-0.05, 0) is 121 Å². The van der Waals surface area contributed by atoms with E-state index in [1.807, 2.05) is 55.5 Å². The van der Waals surface area contributed by atoms with Crippen molar-refractivity contribution in [2.24, 2.45) is 22.9 Å². The zero-order valence-electron chi connectivity index (χ0n) is 46.5. The number of nitro groups is 1. The molecule has 6 atom stereocenters.